The number of nitrogens with zero attached hydrogens (tertiary/aromatic N) is 2. The van der Waals surface area contributed by atoms with Crippen LogP contribution in [0, 0.1) is 17.0 Å². The first kappa shape index (κ1) is 13.2. The third-order valence-electron chi connectivity index (χ3n) is 1.85. The maximum Gasteiger partial charge on any atom is 0.574 e. The molecule has 9 heteroatoms. The van der Waals surface area contributed by atoms with E-state index in [9.17, 15) is 23.3 Å². The van der Waals surface area contributed by atoms with Crippen molar-refractivity contribution in [3.8, 4) is 5.88 Å². The molecule has 0 saturated carbocycles. The summed E-state index contributed by atoms with van der Waals surface area (Å²) in [5, 5.41) is 19.5. The van der Waals surface area contributed by atoms with E-state index in [-0.39, 0.29) is 5.56 Å². The third-order valence-corrected chi connectivity index (χ3v) is 1.85. The van der Waals surface area contributed by atoms with Gasteiger partial charge in [-0.1, -0.05) is 0 Å². The molecule has 0 aliphatic carbocycles. The van der Waals surface area contributed by atoms with Gasteiger partial charge < -0.3 is 9.84 Å². The molecule has 94 valence electrons. The van der Waals surface area contributed by atoms with Crippen molar-refractivity contribution in [1.82, 2.24) is 4.98 Å². The maximum atomic E-state index is 12.0. The Morgan fingerprint density at radius 2 is 2.18 bits per heavy atom. The van der Waals surface area contributed by atoms with E-state index in [2.05, 4.69) is 9.72 Å². The topological polar surface area (TPSA) is 85.5 Å². The highest BCUT2D eigenvalue weighted by molar-refractivity contribution is 5.50. The molecule has 1 aromatic rings. The number of aromatic nitrogens is 1. The van der Waals surface area contributed by atoms with Gasteiger partial charge in [-0.3, -0.25) is 10.1 Å². The van der Waals surface area contributed by atoms with Crippen LogP contribution in [0.25, 0.3) is 0 Å². The Bertz CT molecular complexity index is 447. The number of ether oxygens (including phenoxy) is 1. The molecule has 0 aliphatic rings. The molecular formula is C8H7F3N2O4. The summed E-state index contributed by atoms with van der Waals surface area (Å²) in [6, 6.07) is 0. The summed E-state index contributed by atoms with van der Waals surface area (Å²) in [4.78, 5) is 13.0. The van der Waals surface area contributed by atoms with E-state index in [1.165, 1.54) is 6.92 Å². The van der Waals surface area contributed by atoms with E-state index < -0.39 is 35.0 Å². The number of aryl methyl sites for hydroxylation is 1. The van der Waals surface area contributed by atoms with Crippen molar-refractivity contribution in [3.05, 3.63) is 27.4 Å². The molecule has 0 radical (unpaired) electrons. The second kappa shape index (κ2) is 4.53. The fourth-order valence-electron chi connectivity index (χ4n) is 1.23. The van der Waals surface area contributed by atoms with Gasteiger partial charge in [0.05, 0.1) is 11.5 Å². The van der Waals surface area contributed by atoms with Crippen molar-refractivity contribution in [2.45, 2.75) is 19.9 Å². The molecule has 0 fully saturated rings. The zero-order valence-corrected chi connectivity index (χ0v) is 8.48. The second-order valence-electron chi connectivity index (χ2n) is 3.04. The summed E-state index contributed by atoms with van der Waals surface area (Å²) < 4.78 is 39.4. The Hall–Kier alpha value is -1.90. The molecule has 0 unspecified atom stereocenters. The normalized spacial score (nSPS) is 11.4. The molecular weight excluding hydrogens is 245 g/mol. The molecule has 0 aliphatic heterocycles. The highest BCUT2D eigenvalue weighted by Gasteiger charge is 2.35. The standard InChI is InChI=1S/C8H7F3N2O4/c1-4-2-12-7(17-8(9,10)11)5(3-14)6(4)13(15)16/h2,14H,3H2,1H3. The van der Waals surface area contributed by atoms with Crippen molar-refractivity contribution < 1.29 is 27.9 Å². The smallest absolute Gasteiger partial charge is 0.391 e. The molecule has 17 heavy (non-hydrogen) atoms. The molecule has 0 saturated heterocycles. The van der Waals surface area contributed by atoms with Crippen LogP contribution in [-0.4, -0.2) is 21.4 Å². The number of nitro groups is 1. The van der Waals surface area contributed by atoms with Gasteiger partial charge in [-0.05, 0) is 6.92 Å². The van der Waals surface area contributed by atoms with Crippen LogP contribution in [0.15, 0.2) is 6.20 Å². The lowest BCUT2D eigenvalue weighted by Crippen LogP contribution is -2.19. The predicted molar refractivity (Wildman–Crippen MR) is 48.2 cm³/mol. The highest BCUT2D eigenvalue weighted by Crippen LogP contribution is 2.32. The van der Waals surface area contributed by atoms with Crippen LogP contribution in [0.5, 0.6) is 5.88 Å². The van der Waals surface area contributed by atoms with Crippen LogP contribution in [0.4, 0.5) is 18.9 Å². The number of pyridine rings is 1. The van der Waals surface area contributed by atoms with Crippen molar-refractivity contribution in [3.63, 3.8) is 0 Å². The van der Waals surface area contributed by atoms with E-state index in [1.807, 2.05) is 0 Å². The number of rotatable bonds is 3. The van der Waals surface area contributed by atoms with E-state index in [4.69, 9.17) is 5.11 Å². The minimum Gasteiger partial charge on any atom is -0.391 e. The van der Waals surface area contributed by atoms with Gasteiger partial charge in [-0.15, -0.1) is 13.2 Å². The first-order valence-electron chi connectivity index (χ1n) is 4.25. The Morgan fingerprint density at radius 3 is 2.59 bits per heavy atom. The lowest BCUT2D eigenvalue weighted by Gasteiger charge is -2.11. The predicted octanol–water partition coefficient (Wildman–Crippen LogP) is 1.69. The summed E-state index contributed by atoms with van der Waals surface area (Å²) in [6.07, 6.45) is -4.15. The second-order valence-corrected chi connectivity index (χ2v) is 3.04. The molecule has 0 aromatic carbocycles. The van der Waals surface area contributed by atoms with Crippen LogP contribution in [-0.2, 0) is 6.61 Å². The number of aliphatic hydroxyl groups is 1. The SMILES string of the molecule is Cc1cnc(OC(F)(F)F)c(CO)c1[N+](=O)[O-]. The van der Waals surface area contributed by atoms with Crippen molar-refractivity contribution in [2.24, 2.45) is 0 Å². The summed E-state index contributed by atoms with van der Waals surface area (Å²) >= 11 is 0. The van der Waals surface area contributed by atoms with Gasteiger partial charge in [0.15, 0.2) is 0 Å². The Labute approximate surface area is 92.8 Å². The Balaban J connectivity index is 3.33. The van der Waals surface area contributed by atoms with Gasteiger partial charge in [0.25, 0.3) is 5.69 Å². The van der Waals surface area contributed by atoms with Crippen LogP contribution in [0.2, 0.25) is 0 Å². The van der Waals surface area contributed by atoms with Crippen LogP contribution < -0.4 is 4.74 Å². The fourth-order valence-corrected chi connectivity index (χ4v) is 1.23. The summed E-state index contributed by atoms with van der Waals surface area (Å²) in [6.45, 7) is 0.318. The lowest BCUT2D eigenvalue weighted by molar-refractivity contribution is -0.386. The van der Waals surface area contributed by atoms with Crippen molar-refractivity contribution >= 4 is 5.69 Å². The van der Waals surface area contributed by atoms with Gasteiger partial charge in [0.1, 0.15) is 5.56 Å². The Morgan fingerprint density at radius 1 is 1.59 bits per heavy atom. The number of hydrogen-bond donors (Lipinski definition) is 1. The number of halogens is 3. The van der Waals surface area contributed by atoms with Crippen molar-refractivity contribution in [1.29, 1.82) is 0 Å². The zero-order valence-electron chi connectivity index (χ0n) is 8.48. The molecule has 0 amide bonds. The molecule has 0 atom stereocenters. The van der Waals surface area contributed by atoms with Gasteiger partial charge >= 0.3 is 6.36 Å². The summed E-state index contributed by atoms with van der Waals surface area (Å²) in [5.74, 6) is -1.02. The minimum absolute atomic E-state index is 0.0357. The van der Waals surface area contributed by atoms with Crippen molar-refractivity contribution in [2.75, 3.05) is 0 Å². The van der Waals surface area contributed by atoms with E-state index in [0.29, 0.717) is 0 Å². The van der Waals surface area contributed by atoms with E-state index in [1.54, 1.807) is 0 Å². The summed E-state index contributed by atoms with van der Waals surface area (Å²) in [7, 11) is 0. The quantitative estimate of drug-likeness (QED) is 0.653. The molecule has 0 bridgehead atoms. The molecule has 0 spiro atoms. The first-order valence-corrected chi connectivity index (χ1v) is 4.25. The maximum absolute atomic E-state index is 12.0. The van der Waals surface area contributed by atoms with Gasteiger partial charge in [-0.2, -0.15) is 0 Å². The number of alkyl halides is 3. The van der Waals surface area contributed by atoms with Crippen LogP contribution in [0.3, 0.4) is 0 Å². The largest absolute Gasteiger partial charge is 0.574 e. The van der Waals surface area contributed by atoms with E-state index in [0.717, 1.165) is 6.20 Å². The van der Waals surface area contributed by atoms with Crippen LogP contribution in [0.1, 0.15) is 11.1 Å². The molecule has 1 aromatic heterocycles. The molecule has 1 rings (SSSR count). The number of hydrogen-bond acceptors (Lipinski definition) is 5. The summed E-state index contributed by atoms with van der Waals surface area (Å²) in [5.41, 5.74) is -1.21. The highest BCUT2D eigenvalue weighted by atomic mass is 19.4. The molecule has 6 nitrogen and oxygen atoms in total. The molecule has 1 heterocycles. The third kappa shape index (κ3) is 3.03. The van der Waals surface area contributed by atoms with Gasteiger partial charge in [-0.25, -0.2) is 4.98 Å². The average Bonchev–Trinajstić information content (AvgIpc) is 2.17. The fraction of sp³-hybridized carbons (Fsp3) is 0.375. The molecule has 1 N–H and O–H groups in total. The first-order chi connectivity index (χ1) is 7.76. The lowest BCUT2D eigenvalue weighted by atomic mass is 10.1. The van der Waals surface area contributed by atoms with Gasteiger partial charge in [0.2, 0.25) is 5.88 Å². The van der Waals surface area contributed by atoms with Gasteiger partial charge in [0, 0.05) is 11.8 Å². The monoisotopic (exact) mass is 252 g/mol. The minimum atomic E-state index is -5.03. The Kier molecular flexibility index (Phi) is 3.51. The average molecular weight is 252 g/mol. The number of aliphatic hydroxyl groups excluding tert-OH is 1. The van der Waals surface area contributed by atoms with Crippen LogP contribution >= 0.6 is 0 Å². The van der Waals surface area contributed by atoms with E-state index >= 15 is 0 Å². The zero-order chi connectivity index (χ0) is 13.2.